The van der Waals surface area contributed by atoms with E-state index in [2.05, 4.69) is 20.8 Å². The van der Waals surface area contributed by atoms with Gasteiger partial charge in [0.25, 0.3) is 17.0 Å². The number of benzene rings is 2. The standard InChI is InChI=1S/C25H19Cl2N5O6S2/c26-14-7-4-8-15(27)17(14)20(34)28-9-13-10-39-23-18(22(35)32(23)19(13)24(36)37)29-16(33)11-40-25-31-30-21(38-25)12-5-2-1-3-6-12/h1-8,18,23H,9-11H2,(H,28,34)(H,29,33)(H,36,37)/t18?,23-/m0/s1. The number of carboxylic acid groups (broad SMARTS) is 1. The number of thioether (sulfide) groups is 2. The van der Waals surface area contributed by atoms with Crippen molar-refractivity contribution >= 4 is 70.4 Å². The number of amides is 3. The summed E-state index contributed by atoms with van der Waals surface area (Å²) < 4.78 is 5.57. The lowest BCUT2D eigenvalue weighted by Gasteiger charge is -2.49. The van der Waals surface area contributed by atoms with Crippen LogP contribution in [0.3, 0.4) is 0 Å². The molecule has 3 heterocycles. The molecular formula is C25H19Cl2N5O6S2. The molecule has 40 heavy (non-hydrogen) atoms. The number of nitrogens with zero attached hydrogens (tertiary/aromatic N) is 3. The molecule has 1 fully saturated rings. The molecule has 1 unspecified atom stereocenters. The lowest BCUT2D eigenvalue weighted by molar-refractivity contribution is -0.150. The SMILES string of the molecule is O=C(CSc1nnc(-c2ccccc2)o1)NC1C(=O)N2C(C(=O)O)=C(CNC(=O)c3c(Cl)cccc3Cl)CS[C@@H]12. The van der Waals surface area contributed by atoms with Crippen LogP contribution in [0, 0.1) is 0 Å². The molecule has 1 aromatic heterocycles. The van der Waals surface area contributed by atoms with E-state index in [4.69, 9.17) is 27.6 Å². The fraction of sp³-hybridized carbons (Fsp3) is 0.200. The number of hydrogen-bond acceptors (Lipinski definition) is 9. The second-order valence-corrected chi connectivity index (χ2v) is 11.4. The fourth-order valence-electron chi connectivity index (χ4n) is 4.12. The second kappa shape index (κ2) is 11.9. The predicted molar refractivity (Wildman–Crippen MR) is 149 cm³/mol. The second-order valence-electron chi connectivity index (χ2n) is 8.52. The number of hydrogen-bond donors (Lipinski definition) is 3. The minimum Gasteiger partial charge on any atom is -0.477 e. The van der Waals surface area contributed by atoms with Crippen LogP contribution in [0.1, 0.15) is 10.4 Å². The highest BCUT2D eigenvalue weighted by Crippen LogP contribution is 2.40. The van der Waals surface area contributed by atoms with Gasteiger partial charge in [-0.1, -0.05) is 59.2 Å². The van der Waals surface area contributed by atoms with Crippen molar-refractivity contribution < 1.29 is 28.7 Å². The molecule has 2 aliphatic rings. The monoisotopic (exact) mass is 619 g/mol. The molecular weight excluding hydrogens is 601 g/mol. The highest BCUT2D eigenvalue weighted by Gasteiger charge is 2.54. The van der Waals surface area contributed by atoms with E-state index in [-0.39, 0.29) is 44.6 Å². The first-order valence-electron chi connectivity index (χ1n) is 11.7. The van der Waals surface area contributed by atoms with Crippen LogP contribution in [-0.2, 0) is 14.4 Å². The molecule has 15 heteroatoms. The van der Waals surface area contributed by atoms with Gasteiger partial charge in [0.15, 0.2) is 0 Å². The van der Waals surface area contributed by atoms with Gasteiger partial charge in [-0.15, -0.1) is 22.0 Å². The van der Waals surface area contributed by atoms with Crippen molar-refractivity contribution in [2.75, 3.05) is 18.1 Å². The Morgan fingerprint density at radius 1 is 1.10 bits per heavy atom. The van der Waals surface area contributed by atoms with Crippen molar-refractivity contribution in [1.82, 2.24) is 25.7 Å². The van der Waals surface area contributed by atoms with Crippen molar-refractivity contribution in [2.45, 2.75) is 16.6 Å². The summed E-state index contributed by atoms with van der Waals surface area (Å²) >= 11 is 14.5. The minimum atomic E-state index is -1.32. The molecule has 2 aliphatic heterocycles. The molecule has 5 rings (SSSR count). The molecule has 206 valence electrons. The molecule has 1 saturated heterocycles. The number of carbonyl (C=O) groups is 4. The molecule has 2 aromatic carbocycles. The third kappa shape index (κ3) is 5.68. The Morgan fingerprint density at radius 3 is 2.52 bits per heavy atom. The van der Waals surface area contributed by atoms with Crippen LogP contribution in [0.25, 0.3) is 11.5 Å². The maximum absolute atomic E-state index is 12.9. The summed E-state index contributed by atoms with van der Waals surface area (Å²) in [5.41, 5.74) is 0.930. The Kier molecular flexibility index (Phi) is 8.35. The van der Waals surface area contributed by atoms with Gasteiger partial charge in [-0.25, -0.2) is 4.79 Å². The molecule has 11 nitrogen and oxygen atoms in total. The summed E-state index contributed by atoms with van der Waals surface area (Å²) in [6.45, 7) is -0.131. The van der Waals surface area contributed by atoms with Crippen LogP contribution in [0.5, 0.6) is 0 Å². The number of carbonyl (C=O) groups excluding carboxylic acids is 3. The Morgan fingerprint density at radius 2 is 1.82 bits per heavy atom. The van der Waals surface area contributed by atoms with E-state index in [1.54, 1.807) is 6.07 Å². The van der Waals surface area contributed by atoms with Crippen molar-refractivity contribution in [3.05, 3.63) is 75.4 Å². The number of aromatic nitrogens is 2. The Hall–Kier alpha value is -3.52. The zero-order chi connectivity index (χ0) is 28.4. The summed E-state index contributed by atoms with van der Waals surface area (Å²) in [5, 5.41) is 22.9. The summed E-state index contributed by atoms with van der Waals surface area (Å²) in [6, 6.07) is 12.9. The van der Waals surface area contributed by atoms with Gasteiger partial charge in [0.1, 0.15) is 17.1 Å². The smallest absolute Gasteiger partial charge is 0.352 e. The van der Waals surface area contributed by atoms with Gasteiger partial charge in [-0.05, 0) is 29.8 Å². The first kappa shape index (κ1) is 28.0. The van der Waals surface area contributed by atoms with Gasteiger partial charge in [0.05, 0.1) is 21.4 Å². The third-order valence-corrected chi connectivity index (χ3v) is 8.76. The van der Waals surface area contributed by atoms with Gasteiger partial charge in [-0.2, -0.15) is 0 Å². The number of fused-ring (bicyclic) bond motifs is 1. The molecule has 0 spiro atoms. The normalized spacial score (nSPS) is 18.1. The number of aliphatic carboxylic acids is 1. The van der Waals surface area contributed by atoms with E-state index < -0.39 is 35.1 Å². The maximum atomic E-state index is 12.9. The van der Waals surface area contributed by atoms with E-state index in [0.717, 1.165) is 22.2 Å². The molecule has 0 aliphatic carbocycles. The predicted octanol–water partition coefficient (Wildman–Crippen LogP) is 3.30. The summed E-state index contributed by atoms with van der Waals surface area (Å²) in [6.07, 6.45) is 0. The van der Waals surface area contributed by atoms with Crippen LogP contribution < -0.4 is 10.6 Å². The Labute approximate surface area is 245 Å². The molecule has 3 amide bonds. The lowest BCUT2D eigenvalue weighted by atomic mass is 10.0. The van der Waals surface area contributed by atoms with Gasteiger partial charge < -0.3 is 20.2 Å². The number of carboxylic acids is 1. The van der Waals surface area contributed by atoms with Crippen LogP contribution in [0.4, 0.5) is 0 Å². The first-order valence-corrected chi connectivity index (χ1v) is 14.5. The fourth-order valence-corrected chi connectivity index (χ4v) is 6.61. The van der Waals surface area contributed by atoms with E-state index in [1.807, 2.05) is 30.3 Å². The van der Waals surface area contributed by atoms with Gasteiger partial charge in [0.2, 0.25) is 11.8 Å². The van der Waals surface area contributed by atoms with E-state index in [1.165, 1.54) is 23.9 Å². The number of β-lactam (4-membered cyclic amide) rings is 1. The summed E-state index contributed by atoms with van der Waals surface area (Å²) in [7, 11) is 0. The molecule has 2 atom stereocenters. The molecule has 3 aromatic rings. The van der Waals surface area contributed by atoms with Crippen LogP contribution in [0.15, 0.2) is 69.4 Å². The van der Waals surface area contributed by atoms with Crippen molar-refractivity contribution in [2.24, 2.45) is 0 Å². The Bertz CT molecular complexity index is 1510. The zero-order valence-electron chi connectivity index (χ0n) is 20.3. The van der Waals surface area contributed by atoms with Gasteiger partial charge in [0, 0.05) is 17.9 Å². The minimum absolute atomic E-state index is 0.0714. The zero-order valence-corrected chi connectivity index (χ0v) is 23.4. The van der Waals surface area contributed by atoms with Crippen molar-refractivity contribution in [1.29, 1.82) is 0 Å². The first-order chi connectivity index (χ1) is 19.2. The molecule has 0 saturated carbocycles. The van der Waals surface area contributed by atoms with E-state index >= 15 is 0 Å². The number of nitrogens with one attached hydrogen (secondary N) is 2. The molecule has 3 N–H and O–H groups in total. The molecule has 0 radical (unpaired) electrons. The topological polar surface area (TPSA) is 155 Å². The van der Waals surface area contributed by atoms with E-state index in [0.29, 0.717) is 11.5 Å². The van der Waals surface area contributed by atoms with Gasteiger partial charge >= 0.3 is 5.97 Å². The largest absolute Gasteiger partial charge is 0.477 e. The Balaban J connectivity index is 1.19. The van der Waals surface area contributed by atoms with Crippen molar-refractivity contribution in [3.63, 3.8) is 0 Å². The van der Waals surface area contributed by atoms with Crippen molar-refractivity contribution in [3.8, 4) is 11.5 Å². The highest BCUT2D eigenvalue weighted by molar-refractivity contribution is 8.00. The third-order valence-electron chi connectivity index (χ3n) is 5.97. The lowest BCUT2D eigenvalue weighted by Crippen LogP contribution is -2.70. The quantitative estimate of drug-likeness (QED) is 0.240. The van der Waals surface area contributed by atoms with Crippen LogP contribution in [-0.4, -0.2) is 73.4 Å². The number of rotatable bonds is 9. The van der Waals surface area contributed by atoms with Crippen LogP contribution >= 0.6 is 46.7 Å². The average molecular weight is 620 g/mol. The van der Waals surface area contributed by atoms with E-state index in [9.17, 15) is 24.3 Å². The van der Waals surface area contributed by atoms with Crippen LogP contribution in [0.2, 0.25) is 10.0 Å². The van der Waals surface area contributed by atoms with Gasteiger partial charge in [-0.3, -0.25) is 19.3 Å². The maximum Gasteiger partial charge on any atom is 0.352 e. The summed E-state index contributed by atoms with van der Waals surface area (Å²) in [5.74, 6) is -2.44. The highest BCUT2D eigenvalue weighted by atomic mass is 35.5. The summed E-state index contributed by atoms with van der Waals surface area (Å²) in [4.78, 5) is 51.3. The molecule has 0 bridgehead atoms. The number of halogens is 2. The average Bonchev–Trinajstić information content (AvgIpc) is 3.42.